The highest BCUT2D eigenvalue weighted by Gasteiger charge is 2.26. The topological polar surface area (TPSA) is 84.2 Å². The fourth-order valence-corrected chi connectivity index (χ4v) is 2.69. The monoisotopic (exact) mass is 313 g/mol. The summed E-state index contributed by atoms with van der Waals surface area (Å²) in [4.78, 5) is 27.5. The summed E-state index contributed by atoms with van der Waals surface area (Å²) in [6.45, 7) is 2.25. The Labute approximate surface area is 134 Å². The zero-order valence-electron chi connectivity index (χ0n) is 13.0. The normalized spacial score (nSPS) is 17.1. The molecule has 1 atom stereocenters. The van der Waals surface area contributed by atoms with Crippen molar-refractivity contribution in [2.45, 2.75) is 32.2 Å². The molecule has 0 bridgehead atoms. The molecule has 0 spiro atoms. The Morgan fingerprint density at radius 3 is 2.87 bits per heavy atom. The maximum absolute atomic E-state index is 12.0. The van der Waals surface area contributed by atoms with Crippen LogP contribution in [0.5, 0.6) is 0 Å². The highest BCUT2D eigenvalue weighted by Crippen LogP contribution is 2.23. The van der Waals surface area contributed by atoms with Crippen molar-refractivity contribution in [3.05, 3.63) is 42.0 Å². The van der Waals surface area contributed by atoms with Crippen LogP contribution in [0.3, 0.4) is 0 Å². The van der Waals surface area contributed by atoms with Gasteiger partial charge in [-0.2, -0.15) is 0 Å². The van der Waals surface area contributed by atoms with Crippen LogP contribution in [0.25, 0.3) is 11.3 Å². The van der Waals surface area contributed by atoms with Crippen LogP contribution in [0.15, 0.2) is 34.7 Å². The van der Waals surface area contributed by atoms with Crippen molar-refractivity contribution >= 4 is 11.8 Å². The van der Waals surface area contributed by atoms with Crippen molar-refractivity contribution in [1.82, 2.24) is 15.6 Å². The number of carbonyl (C=O) groups excluding carboxylic acids is 2. The van der Waals surface area contributed by atoms with E-state index < -0.39 is 6.04 Å². The summed E-state index contributed by atoms with van der Waals surface area (Å²) in [7, 11) is 0. The van der Waals surface area contributed by atoms with Crippen molar-refractivity contribution in [2.75, 3.05) is 6.54 Å². The lowest BCUT2D eigenvalue weighted by atomic mass is 10.1. The number of nitrogens with zero attached hydrogens (tertiary/aromatic N) is 1. The van der Waals surface area contributed by atoms with Gasteiger partial charge in [-0.15, -0.1) is 0 Å². The molecule has 6 heteroatoms. The molecule has 23 heavy (non-hydrogen) atoms. The zero-order valence-corrected chi connectivity index (χ0v) is 13.0. The lowest BCUT2D eigenvalue weighted by Crippen LogP contribution is -2.42. The Morgan fingerprint density at radius 1 is 1.39 bits per heavy atom. The van der Waals surface area contributed by atoms with Crippen LogP contribution in [-0.4, -0.2) is 29.4 Å². The van der Waals surface area contributed by atoms with E-state index >= 15 is 0 Å². The lowest BCUT2D eigenvalue weighted by Gasteiger charge is -2.10. The van der Waals surface area contributed by atoms with Gasteiger partial charge >= 0.3 is 0 Å². The van der Waals surface area contributed by atoms with E-state index in [0.29, 0.717) is 31.7 Å². The van der Waals surface area contributed by atoms with E-state index in [2.05, 4.69) is 15.6 Å². The second kappa shape index (κ2) is 6.64. The van der Waals surface area contributed by atoms with Gasteiger partial charge in [-0.25, -0.2) is 4.98 Å². The average Bonchev–Trinajstić information content (AvgIpc) is 3.14. The molecule has 0 radical (unpaired) electrons. The van der Waals surface area contributed by atoms with Gasteiger partial charge in [0.25, 0.3) is 0 Å². The summed E-state index contributed by atoms with van der Waals surface area (Å²) >= 11 is 0. The summed E-state index contributed by atoms with van der Waals surface area (Å²) in [5.41, 5.74) is 1.81. The van der Waals surface area contributed by atoms with Crippen LogP contribution < -0.4 is 10.6 Å². The van der Waals surface area contributed by atoms with Crippen LogP contribution in [0.2, 0.25) is 0 Å². The average molecular weight is 313 g/mol. The minimum absolute atomic E-state index is 0.0672. The number of hydrogen-bond donors (Lipinski definition) is 2. The Bertz CT molecular complexity index is 709. The number of aryl methyl sites for hydroxylation is 1. The number of rotatable bonds is 5. The smallest absolute Gasteiger partial charge is 0.242 e. The molecule has 1 saturated heterocycles. The predicted molar refractivity (Wildman–Crippen MR) is 84.6 cm³/mol. The second-order valence-corrected chi connectivity index (χ2v) is 5.57. The highest BCUT2D eigenvalue weighted by molar-refractivity contribution is 5.90. The van der Waals surface area contributed by atoms with Gasteiger partial charge in [0.15, 0.2) is 5.89 Å². The zero-order chi connectivity index (χ0) is 16.2. The third kappa shape index (κ3) is 3.59. The maximum Gasteiger partial charge on any atom is 0.242 e. The molecule has 2 N–H and O–H groups in total. The number of nitrogens with one attached hydrogen (secondary N) is 2. The van der Waals surface area contributed by atoms with Crippen molar-refractivity contribution in [2.24, 2.45) is 0 Å². The molecule has 2 aromatic rings. The molecule has 6 nitrogen and oxygen atoms in total. The molecular formula is C17H19N3O3. The second-order valence-electron chi connectivity index (χ2n) is 5.57. The van der Waals surface area contributed by atoms with E-state index in [-0.39, 0.29) is 11.8 Å². The number of oxazole rings is 1. The molecule has 120 valence electrons. The first-order chi connectivity index (χ1) is 11.1. The van der Waals surface area contributed by atoms with Crippen LogP contribution >= 0.6 is 0 Å². The van der Waals surface area contributed by atoms with Gasteiger partial charge in [-0.3, -0.25) is 9.59 Å². The van der Waals surface area contributed by atoms with Crippen LogP contribution in [0, 0.1) is 6.92 Å². The molecule has 0 saturated carbocycles. The molecule has 3 rings (SSSR count). The largest absolute Gasteiger partial charge is 0.445 e. The number of carbonyl (C=O) groups is 2. The van der Waals surface area contributed by atoms with Crippen molar-refractivity contribution in [1.29, 1.82) is 0 Å². The molecular weight excluding hydrogens is 294 g/mol. The predicted octanol–water partition coefficient (Wildman–Crippen LogP) is 1.59. The minimum atomic E-state index is -0.410. The molecule has 1 unspecified atom stereocenters. The van der Waals surface area contributed by atoms with E-state index in [1.807, 2.05) is 37.3 Å². The molecule has 1 fully saturated rings. The summed E-state index contributed by atoms with van der Waals surface area (Å²) in [6, 6.07) is 9.40. The minimum Gasteiger partial charge on any atom is -0.445 e. The molecule has 2 amide bonds. The quantitative estimate of drug-likeness (QED) is 0.878. The summed E-state index contributed by atoms with van der Waals surface area (Å²) in [5.74, 6) is 1.15. The molecule has 1 aliphatic rings. The Balaban J connectivity index is 1.61. The van der Waals surface area contributed by atoms with Crippen molar-refractivity contribution < 1.29 is 14.0 Å². The number of hydrogen-bond acceptors (Lipinski definition) is 4. The van der Waals surface area contributed by atoms with E-state index in [1.165, 1.54) is 0 Å². The van der Waals surface area contributed by atoms with Crippen LogP contribution in [0.1, 0.15) is 24.5 Å². The van der Waals surface area contributed by atoms with E-state index in [1.54, 1.807) is 0 Å². The molecule has 1 aromatic heterocycles. The summed E-state index contributed by atoms with van der Waals surface area (Å²) < 4.78 is 5.66. The molecule has 1 aliphatic heterocycles. The van der Waals surface area contributed by atoms with Gasteiger partial charge < -0.3 is 15.1 Å². The van der Waals surface area contributed by atoms with E-state index in [4.69, 9.17) is 4.42 Å². The van der Waals surface area contributed by atoms with E-state index in [9.17, 15) is 9.59 Å². The SMILES string of the molecule is Cc1nc(-c2ccccc2)c(CCNC(=O)C2CCC(=O)N2)o1. The van der Waals surface area contributed by atoms with Gasteiger partial charge in [-0.1, -0.05) is 30.3 Å². The third-order valence-electron chi connectivity index (χ3n) is 3.81. The van der Waals surface area contributed by atoms with Crippen molar-refractivity contribution in [3.63, 3.8) is 0 Å². The van der Waals surface area contributed by atoms with Gasteiger partial charge in [0, 0.05) is 31.9 Å². The fourth-order valence-electron chi connectivity index (χ4n) is 2.69. The molecule has 2 heterocycles. The first kappa shape index (κ1) is 15.3. The van der Waals surface area contributed by atoms with Gasteiger partial charge in [0.05, 0.1) is 0 Å². The number of benzene rings is 1. The molecule has 0 aliphatic carbocycles. The Kier molecular flexibility index (Phi) is 4.41. The van der Waals surface area contributed by atoms with Gasteiger partial charge in [-0.05, 0) is 6.42 Å². The standard InChI is InChI=1S/C17H19N3O3/c1-11-19-16(12-5-3-2-4-6-12)14(23-11)9-10-18-17(22)13-7-8-15(21)20-13/h2-6,13H,7-10H2,1H3,(H,18,22)(H,20,21). The first-order valence-corrected chi connectivity index (χ1v) is 7.72. The van der Waals surface area contributed by atoms with Crippen molar-refractivity contribution in [3.8, 4) is 11.3 Å². The van der Waals surface area contributed by atoms with E-state index in [0.717, 1.165) is 17.0 Å². The first-order valence-electron chi connectivity index (χ1n) is 7.72. The van der Waals surface area contributed by atoms with Gasteiger partial charge in [0.1, 0.15) is 17.5 Å². The third-order valence-corrected chi connectivity index (χ3v) is 3.81. The number of aromatic nitrogens is 1. The van der Waals surface area contributed by atoms with Crippen LogP contribution in [0.4, 0.5) is 0 Å². The Morgan fingerprint density at radius 2 is 2.17 bits per heavy atom. The highest BCUT2D eigenvalue weighted by atomic mass is 16.4. The summed E-state index contributed by atoms with van der Waals surface area (Å²) in [6.07, 6.45) is 1.52. The summed E-state index contributed by atoms with van der Waals surface area (Å²) in [5, 5.41) is 5.50. The molecule has 1 aromatic carbocycles. The fraction of sp³-hybridized carbons (Fsp3) is 0.353. The van der Waals surface area contributed by atoms with Gasteiger partial charge in [0.2, 0.25) is 11.8 Å². The van der Waals surface area contributed by atoms with Crippen LogP contribution in [-0.2, 0) is 16.0 Å². The Hall–Kier alpha value is -2.63. The number of amides is 2. The lowest BCUT2D eigenvalue weighted by molar-refractivity contribution is -0.125. The maximum atomic E-state index is 12.0.